The minimum Gasteiger partial charge on any atom is -0.406 e. The molecule has 9 heteroatoms. The highest BCUT2D eigenvalue weighted by Gasteiger charge is 2.33. The van der Waals surface area contributed by atoms with E-state index in [1.165, 1.54) is 30.3 Å². The number of para-hydroxylation sites is 1. The molecule has 2 aromatic rings. The van der Waals surface area contributed by atoms with Crippen molar-refractivity contribution < 1.29 is 35.8 Å². The summed E-state index contributed by atoms with van der Waals surface area (Å²) in [5.74, 6) is -0.939. The zero-order valence-corrected chi connectivity index (χ0v) is 11.9. The van der Waals surface area contributed by atoms with Gasteiger partial charge in [0.05, 0.1) is 6.04 Å². The van der Waals surface area contributed by atoms with Crippen molar-refractivity contribution in [3.8, 4) is 11.5 Å². The molecule has 0 aliphatic heterocycles. The molecule has 3 nitrogen and oxygen atoms in total. The van der Waals surface area contributed by atoms with Crippen LogP contribution in [0.2, 0.25) is 0 Å². The number of halogens is 6. The van der Waals surface area contributed by atoms with Crippen LogP contribution in [0.15, 0.2) is 48.5 Å². The predicted molar refractivity (Wildman–Crippen MR) is 72.3 cm³/mol. The molecule has 2 rings (SSSR count). The highest BCUT2D eigenvalue weighted by molar-refractivity contribution is 5.42. The molecule has 0 aliphatic rings. The standard InChI is InChI=1S/C15H11F6NO2/c16-14(17,18)23-10-7-5-9(6-8-10)13(22)11-3-1-2-4-12(11)24-15(19,20)21/h1-8,13H,22H2/t13-/m0/s1. The van der Waals surface area contributed by atoms with E-state index in [1.807, 2.05) is 0 Å². The lowest BCUT2D eigenvalue weighted by Gasteiger charge is -2.18. The fourth-order valence-corrected chi connectivity index (χ4v) is 2.01. The van der Waals surface area contributed by atoms with E-state index in [2.05, 4.69) is 9.47 Å². The molecule has 130 valence electrons. The van der Waals surface area contributed by atoms with Crippen molar-refractivity contribution in [2.45, 2.75) is 18.8 Å². The molecular formula is C15H11F6NO2. The van der Waals surface area contributed by atoms with Gasteiger partial charge in [0.1, 0.15) is 11.5 Å². The van der Waals surface area contributed by atoms with E-state index in [9.17, 15) is 26.3 Å². The smallest absolute Gasteiger partial charge is 0.406 e. The van der Waals surface area contributed by atoms with Crippen LogP contribution in [0.4, 0.5) is 26.3 Å². The van der Waals surface area contributed by atoms with Gasteiger partial charge in [-0.1, -0.05) is 30.3 Å². The first-order valence-electron chi connectivity index (χ1n) is 6.51. The lowest BCUT2D eigenvalue weighted by molar-refractivity contribution is -0.275. The summed E-state index contributed by atoms with van der Waals surface area (Å²) < 4.78 is 81.2. The molecule has 0 bridgehead atoms. The summed E-state index contributed by atoms with van der Waals surface area (Å²) in [6.07, 6.45) is -9.73. The van der Waals surface area contributed by atoms with Crippen LogP contribution in [0, 0.1) is 0 Å². The van der Waals surface area contributed by atoms with Crippen LogP contribution in [0.25, 0.3) is 0 Å². The highest BCUT2D eigenvalue weighted by atomic mass is 19.4. The third-order valence-corrected chi connectivity index (χ3v) is 2.95. The van der Waals surface area contributed by atoms with Crippen molar-refractivity contribution in [2.75, 3.05) is 0 Å². The van der Waals surface area contributed by atoms with Crippen LogP contribution in [0.3, 0.4) is 0 Å². The number of hydrogen-bond acceptors (Lipinski definition) is 3. The molecule has 0 aromatic heterocycles. The fraction of sp³-hybridized carbons (Fsp3) is 0.200. The fourth-order valence-electron chi connectivity index (χ4n) is 2.01. The Morgan fingerprint density at radius 1 is 0.750 bits per heavy atom. The quantitative estimate of drug-likeness (QED) is 0.823. The first-order chi connectivity index (χ1) is 11.1. The third kappa shape index (κ3) is 5.05. The molecule has 0 amide bonds. The molecule has 0 aliphatic carbocycles. The number of benzene rings is 2. The normalized spacial score (nSPS) is 13.5. The molecule has 0 heterocycles. The Balaban J connectivity index is 2.24. The van der Waals surface area contributed by atoms with Gasteiger partial charge < -0.3 is 15.2 Å². The van der Waals surface area contributed by atoms with E-state index in [1.54, 1.807) is 0 Å². The first kappa shape index (κ1) is 17.9. The van der Waals surface area contributed by atoms with Crippen LogP contribution in [-0.2, 0) is 0 Å². The zero-order chi connectivity index (χ0) is 18.0. The lowest BCUT2D eigenvalue weighted by Crippen LogP contribution is -2.20. The van der Waals surface area contributed by atoms with Gasteiger partial charge in [-0.25, -0.2) is 0 Å². The summed E-state index contributed by atoms with van der Waals surface area (Å²) in [5.41, 5.74) is 6.24. The second kappa shape index (κ2) is 6.60. The summed E-state index contributed by atoms with van der Waals surface area (Å²) in [6.45, 7) is 0. The van der Waals surface area contributed by atoms with Crippen LogP contribution in [0.1, 0.15) is 17.2 Å². The van der Waals surface area contributed by atoms with Crippen molar-refractivity contribution in [3.63, 3.8) is 0 Å². The maximum Gasteiger partial charge on any atom is 0.573 e. The number of rotatable bonds is 4. The maximum absolute atomic E-state index is 12.4. The maximum atomic E-state index is 12.4. The molecular weight excluding hydrogens is 340 g/mol. The monoisotopic (exact) mass is 351 g/mol. The van der Waals surface area contributed by atoms with E-state index < -0.39 is 30.3 Å². The van der Waals surface area contributed by atoms with Crippen molar-refractivity contribution in [1.82, 2.24) is 0 Å². The number of hydrogen-bond donors (Lipinski definition) is 1. The lowest BCUT2D eigenvalue weighted by atomic mass is 9.99. The summed E-state index contributed by atoms with van der Waals surface area (Å²) in [6, 6.07) is 8.74. The molecule has 2 aromatic carbocycles. The van der Waals surface area contributed by atoms with Gasteiger partial charge in [-0.3, -0.25) is 0 Å². The molecule has 0 radical (unpaired) electrons. The number of alkyl halides is 6. The van der Waals surface area contributed by atoms with Crippen LogP contribution in [-0.4, -0.2) is 12.7 Å². The topological polar surface area (TPSA) is 44.5 Å². The summed E-state index contributed by atoms with van der Waals surface area (Å²) in [4.78, 5) is 0. The minimum absolute atomic E-state index is 0.0410. The van der Waals surface area contributed by atoms with E-state index in [0.717, 1.165) is 18.2 Å². The minimum atomic E-state index is -4.89. The Labute approximate surface area is 132 Å². The summed E-state index contributed by atoms with van der Waals surface area (Å²) >= 11 is 0. The van der Waals surface area contributed by atoms with Crippen LogP contribution >= 0.6 is 0 Å². The van der Waals surface area contributed by atoms with Crippen molar-refractivity contribution >= 4 is 0 Å². The van der Waals surface area contributed by atoms with Gasteiger partial charge in [-0.05, 0) is 23.8 Å². The Morgan fingerprint density at radius 3 is 1.83 bits per heavy atom. The van der Waals surface area contributed by atoms with E-state index in [0.29, 0.717) is 5.56 Å². The van der Waals surface area contributed by atoms with Gasteiger partial charge in [0, 0.05) is 5.56 Å². The van der Waals surface area contributed by atoms with E-state index in [4.69, 9.17) is 5.73 Å². The van der Waals surface area contributed by atoms with Gasteiger partial charge in [0.25, 0.3) is 0 Å². The predicted octanol–water partition coefficient (Wildman–Crippen LogP) is 4.53. The molecule has 0 saturated carbocycles. The SMILES string of the molecule is N[C@@H](c1ccc(OC(F)(F)F)cc1)c1ccccc1OC(F)(F)F. The first-order valence-corrected chi connectivity index (χ1v) is 6.51. The van der Waals surface area contributed by atoms with Gasteiger partial charge in [-0.2, -0.15) is 0 Å². The Kier molecular flexibility index (Phi) is 4.93. The third-order valence-electron chi connectivity index (χ3n) is 2.95. The average Bonchev–Trinajstić information content (AvgIpc) is 2.44. The van der Waals surface area contributed by atoms with E-state index in [-0.39, 0.29) is 5.56 Å². The summed E-state index contributed by atoms with van der Waals surface area (Å²) in [5, 5.41) is 0. The molecule has 24 heavy (non-hydrogen) atoms. The highest BCUT2D eigenvalue weighted by Crippen LogP contribution is 2.33. The van der Waals surface area contributed by atoms with Crippen LogP contribution in [0.5, 0.6) is 11.5 Å². The zero-order valence-electron chi connectivity index (χ0n) is 11.9. The van der Waals surface area contributed by atoms with Crippen molar-refractivity contribution in [1.29, 1.82) is 0 Å². The van der Waals surface area contributed by atoms with Gasteiger partial charge in [0.2, 0.25) is 0 Å². The molecule has 0 saturated heterocycles. The largest absolute Gasteiger partial charge is 0.573 e. The second-order valence-corrected chi connectivity index (χ2v) is 4.68. The summed E-state index contributed by atoms with van der Waals surface area (Å²) in [7, 11) is 0. The second-order valence-electron chi connectivity index (χ2n) is 4.68. The van der Waals surface area contributed by atoms with Crippen LogP contribution < -0.4 is 15.2 Å². The van der Waals surface area contributed by atoms with Gasteiger partial charge in [-0.15, -0.1) is 26.3 Å². The Morgan fingerprint density at radius 2 is 1.29 bits per heavy atom. The molecule has 0 unspecified atom stereocenters. The average molecular weight is 351 g/mol. The molecule has 0 spiro atoms. The number of nitrogens with two attached hydrogens (primary N) is 1. The molecule has 2 N–H and O–H groups in total. The molecule has 1 atom stereocenters. The van der Waals surface area contributed by atoms with Crippen molar-refractivity contribution in [2.24, 2.45) is 5.73 Å². The molecule has 0 fully saturated rings. The van der Waals surface area contributed by atoms with E-state index >= 15 is 0 Å². The Bertz CT molecular complexity index is 682. The van der Waals surface area contributed by atoms with Gasteiger partial charge >= 0.3 is 12.7 Å². The Hall–Kier alpha value is -2.42. The van der Waals surface area contributed by atoms with Crippen molar-refractivity contribution in [3.05, 3.63) is 59.7 Å². The number of ether oxygens (including phenoxy) is 2. The van der Waals surface area contributed by atoms with Gasteiger partial charge in [0.15, 0.2) is 0 Å².